The molecule has 1 saturated carbocycles. The molecule has 3 heteroatoms. The van der Waals surface area contributed by atoms with Gasteiger partial charge in [0.2, 0.25) is 0 Å². The molecule has 2 nitrogen and oxygen atoms in total. The number of hydrogen-bond acceptors (Lipinski definition) is 3. The highest BCUT2D eigenvalue weighted by molar-refractivity contribution is 7.09. The molecule has 2 rings (SSSR count). The number of thiophene rings is 1. The lowest BCUT2D eigenvalue weighted by molar-refractivity contribution is 0.161. The van der Waals surface area contributed by atoms with Gasteiger partial charge in [0, 0.05) is 35.6 Å². The third kappa shape index (κ3) is 4.90. The van der Waals surface area contributed by atoms with Crippen molar-refractivity contribution in [1.82, 2.24) is 10.2 Å². The minimum absolute atomic E-state index is 0.214. The van der Waals surface area contributed by atoms with Crippen molar-refractivity contribution in [3.63, 3.8) is 0 Å². The molecule has 19 heavy (non-hydrogen) atoms. The molecule has 0 bridgehead atoms. The van der Waals surface area contributed by atoms with Gasteiger partial charge in [0.05, 0.1) is 0 Å². The second-order valence-electron chi connectivity index (χ2n) is 6.68. The van der Waals surface area contributed by atoms with Crippen LogP contribution in [-0.4, -0.2) is 29.1 Å². The first kappa shape index (κ1) is 15.0. The molecule has 1 atom stereocenters. The number of hydrogen-bond donors (Lipinski definition) is 1. The van der Waals surface area contributed by atoms with Gasteiger partial charge in [0.25, 0.3) is 0 Å². The van der Waals surface area contributed by atoms with E-state index in [9.17, 15) is 0 Å². The molecule has 1 aromatic rings. The van der Waals surface area contributed by atoms with E-state index in [0.29, 0.717) is 6.04 Å². The maximum atomic E-state index is 3.68. The first-order chi connectivity index (χ1) is 8.99. The van der Waals surface area contributed by atoms with Gasteiger partial charge in [0.15, 0.2) is 0 Å². The number of rotatable bonds is 7. The molecule has 108 valence electrons. The molecule has 0 saturated heterocycles. The topological polar surface area (TPSA) is 15.3 Å². The molecule has 1 aromatic heterocycles. The Hall–Kier alpha value is -0.380. The first-order valence-electron chi connectivity index (χ1n) is 7.53. The van der Waals surface area contributed by atoms with Crippen LogP contribution < -0.4 is 5.32 Å². The predicted octanol–water partition coefficient (Wildman–Crippen LogP) is 3.88. The van der Waals surface area contributed by atoms with E-state index in [4.69, 9.17) is 0 Å². The van der Waals surface area contributed by atoms with Gasteiger partial charge >= 0.3 is 0 Å². The minimum Gasteiger partial charge on any atom is -0.311 e. The molecule has 1 aliphatic rings. The number of nitrogens with one attached hydrogen (secondary N) is 1. The van der Waals surface area contributed by atoms with Crippen LogP contribution in [-0.2, 0) is 6.54 Å². The van der Waals surface area contributed by atoms with E-state index in [1.807, 2.05) is 11.3 Å². The molecular formula is C16H28N2S. The zero-order valence-electron chi connectivity index (χ0n) is 12.8. The van der Waals surface area contributed by atoms with Crippen LogP contribution in [0.1, 0.15) is 51.8 Å². The summed E-state index contributed by atoms with van der Waals surface area (Å²) in [6.07, 6.45) is 4.00. The van der Waals surface area contributed by atoms with Crippen molar-refractivity contribution in [3.8, 4) is 0 Å². The fourth-order valence-electron chi connectivity index (χ4n) is 2.47. The Balaban J connectivity index is 1.95. The maximum Gasteiger partial charge on any atom is 0.0334 e. The van der Waals surface area contributed by atoms with Gasteiger partial charge in [-0.25, -0.2) is 0 Å². The van der Waals surface area contributed by atoms with Crippen molar-refractivity contribution in [3.05, 3.63) is 22.4 Å². The van der Waals surface area contributed by atoms with Gasteiger partial charge in [-0.05, 0) is 51.5 Å². The van der Waals surface area contributed by atoms with E-state index in [0.717, 1.165) is 19.1 Å². The van der Waals surface area contributed by atoms with Crippen molar-refractivity contribution in [2.24, 2.45) is 0 Å². The molecule has 1 heterocycles. The zero-order valence-corrected chi connectivity index (χ0v) is 13.6. The Morgan fingerprint density at radius 3 is 2.63 bits per heavy atom. The summed E-state index contributed by atoms with van der Waals surface area (Å²) >= 11 is 1.89. The molecule has 0 aliphatic heterocycles. The van der Waals surface area contributed by atoms with Crippen LogP contribution >= 0.6 is 11.3 Å². The first-order valence-corrected chi connectivity index (χ1v) is 8.40. The van der Waals surface area contributed by atoms with Crippen molar-refractivity contribution in [1.29, 1.82) is 0 Å². The van der Waals surface area contributed by atoms with Gasteiger partial charge in [-0.2, -0.15) is 0 Å². The maximum absolute atomic E-state index is 3.68. The smallest absolute Gasteiger partial charge is 0.0334 e. The van der Waals surface area contributed by atoms with Crippen molar-refractivity contribution < 1.29 is 0 Å². The van der Waals surface area contributed by atoms with Gasteiger partial charge < -0.3 is 5.32 Å². The zero-order chi connectivity index (χ0) is 13.9. The van der Waals surface area contributed by atoms with Crippen LogP contribution in [0.5, 0.6) is 0 Å². The Labute approximate surface area is 122 Å². The predicted molar refractivity (Wildman–Crippen MR) is 84.7 cm³/mol. The lowest BCUT2D eigenvalue weighted by Gasteiger charge is -2.33. The highest BCUT2D eigenvalue weighted by Crippen LogP contribution is 2.31. The summed E-state index contributed by atoms with van der Waals surface area (Å²) in [7, 11) is 0. The molecule has 1 unspecified atom stereocenters. The normalized spacial score (nSPS) is 17.9. The van der Waals surface area contributed by atoms with Crippen molar-refractivity contribution in [2.75, 3.05) is 6.54 Å². The fourth-order valence-corrected chi connectivity index (χ4v) is 3.18. The van der Waals surface area contributed by atoms with Crippen LogP contribution in [0.4, 0.5) is 0 Å². The highest BCUT2D eigenvalue weighted by Gasteiger charge is 2.33. The highest BCUT2D eigenvalue weighted by atomic mass is 32.1. The summed E-state index contributed by atoms with van der Waals surface area (Å²) in [6, 6.07) is 5.92. The van der Waals surface area contributed by atoms with Gasteiger partial charge in [-0.3, -0.25) is 4.90 Å². The van der Waals surface area contributed by atoms with Crippen LogP contribution in [0.15, 0.2) is 17.5 Å². The summed E-state index contributed by atoms with van der Waals surface area (Å²) in [5.74, 6) is 0. The Morgan fingerprint density at radius 1 is 1.42 bits per heavy atom. The van der Waals surface area contributed by atoms with E-state index in [1.54, 1.807) is 0 Å². The average Bonchev–Trinajstić information content (AvgIpc) is 3.05. The molecule has 0 amide bonds. The lowest BCUT2D eigenvalue weighted by Crippen LogP contribution is -2.47. The molecular weight excluding hydrogens is 252 g/mol. The van der Waals surface area contributed by atoms with Crippen molar-refractivity contribution >= 4 is 11.3 Å². The average molecular weight is 280 g/mol. The van der Waals surface area contributed by atoms with Crippen LogP contribution in [0.2, 0.25) is 0 Å². The molecule has 0 radical (unpaired) electrons. The minimum atomic E-state index is 0.214. The Bertz CT molecular complexity index is 363. The van der Waals surface area contributed by atoms with Crippen LogP contribution in [0, 0.1) is 0 Å². The summed E-state index contributed by atoms with van der Waals surface area (Å²) in [4.78, 5) is 4.23. The van der Waals surface area contributed by atoms with E-state index < -0.39 is 0 Å². The lowest BCUT2D eigenvalue weighted by atomic mass is 10.1. The quantitative estimate of drug-likeness (QED) is 0.815. The Morgan fingerprint density at radius 2 is 2.16 bits per heavy atom. The van der Waals surface area contributed by atoms with E-state index in [-0.39, 0.29) is 5.54 Å². The molecule has 1 fully saturated rings. The van der Waals surface area contributed by atoms with Gasteiger partial charge in [-0.1, -0.05) is 13.0 Å². The molecule has 0 aromatic carbocycles. The van der Waals surface area contributed by atoms with Crippen molar-refractivity contribution in [2.45, 2.75) is 71.1 Å². The molecule has 1 N–H and O–H groups in total. The summed E-state index contributed by atoms with van der Waals surface area (Å²) < 4.78 is 0. The van der Waals surface area contributed by atoms with Gasteiger partial charge in [0.1, 0.15) is 0 Å². The van der Waals surface area contributed by atoms with E-state index in [1.165, 1.54) is 24.1 Å². The van der Waals surface area contributed by atoms with E-state index in [2.05, 4.69) is 55.4 Å². The monoisotopic (exact) mass is 280 g/mol. The standard InChI is InChI=1S/C16H28N2S/c1-5-13(11-17-16(2,3)4)18(14-8-9-14)12-15-7-6-10-19-15/h6-7,10,13-14,17H,5,8-9,11-12H2,1-4H3. The second kappa shape index (κ2) is 6.38. The largest absolute Gasteiger partial charge is 0.311 e. The van der Waals surface area contributed by atoms with Crippen LogP contribution in [0.3, 0.4) is 0 Å². The third-order valence-corrected chi connectivity index (χ3v) is 4.60. The summed E-state index contributed by atoms with van der Waals surface area (Å²) in [5, 5.41) is 5.87. The number of nitrogens with zero attached hydrogens (tertiary/aromatic N) is 1. The second-order valence-corrected chi connectivity index (χ2v) is 7.71. The molecule has 0 spiro atoms. The fraction of sp³-hybridized carbons (Fsp3) is 0.750. The summed E-state index contributed by atoms with van der Waals surface area (Å²) in [5.41, 5.74) is 0.214. The van der Waals surface area contributed by atoms with Crippen LogP contribution in [0.25, 0.3) is 0 Å². The van der Waals surface area contributed by atoms with Gasteiger partial charge in [-0.15, -0.1) is 11.3 Å². The van der Waals surface area contributed by atoms with E-state index >= 15 is 0 Å². The summed E-state index contributed by atoms with van der Waals surface area (Å²) in [6.45, 7) is 11.3. The SMILES string of the molecule is CCC(CNC(C)(C)C)N(Cc1cccs1)C1CC1. The Kier molecular flexibility index (Phi) is 5.04. The molecule has 1 aliphatic carbocycles. The third-order valence-electron chi connectivity index (χ3n) is 3.74.